The van der Waals surface area contributed by atoms with Gasteiger partial charge in [-0.1, -0.05) is 0 Å². The SMILES string of the molecule is CCOc1cnc(NC(=O)N(C)C2CN(c3nccc(NC(=O)OC4CN5CCC4C5)n3)CCC2(F)F)cn1. The fourth-order valence-electron chi connectivity index (χ4n) is 5.12. The average Bonchev–Trinajstić information content (AvgIpc) is 3.53. The number of nitrogens with one attached hydrogen (secondary N) is 2. The van der Waals surface area contributed by atoms with E-state index in [0.29, 0.717) is 12.5 Å². The molecule has 0 radical (unpaired) electrons. The van der Waals surface area contributed by atoms with E-state index in [9.17, 15) is 18.4 Å². The van der Waals surface area contributed by atoms with Crippen LogP contribution in [0, 0.1) is 5.92 Å². The van der Waals surface area contributed by atoms with E-state index in [1.807, 2.05) is 0 Å². The number of likely N-dealkylation sites (N-methyl/N-ethyl adjacent to an activating group) is 1. The van der Waals surface area contributed by atoms with E-state index < -0.39 is 30.5 Å². The number of aromatic nitrogens is 4. The van der Waals surface area contributed by atoms with Gasteiger partial charge in [0.2, 0.25) is 11.8 Å². The number of nitrogens with zero attached hydrogens (tertiary/aromatic N) is 7. The number of ether oxygens (including phenoxy) is 2. The van der Waals surface area contributed by atoms with Gasteiger partial charge < -0.3 is 19.3 Å². The van der Waals surface area contributed by atoms with Crippen LogP contribution in [0.15, 0.2) is 24.7 Å². The Hall–Kier alpha value is -3.88. The van der Waals surface area contributed by atoms with Gasteiger partial charge in [-0.2, -0.15) is 4.98 Å². The van der Waals surface area contributed by atoms with Crippen LogP contribution in [0.4, 0.5) is 36.0 Å². The lowest BCUT2D eigenvalue weighted by molar-refractivity contribution is -0.0760. The molecule has 4 unspecified atom stereocenters. The Labute approximate surface area is 223 Å². The van der Waals surface area contributed by atoms with Crippen molar-refractivity contribution >= 4 is 29.7 Å². The number of alkyl halides is 2. The van der Waals surface area contributed by atoms with Crippen LogP contribution < -0.4 is 20.3 Å². The minimum absolute atomic E-state index is 0.0309. The molecule has 3 fully saturated rings. The molecule has 0 spiro atoms. The summed E-state index contributed by atoms with van der Waals surface area (Å²) in [6.45, 7) is 4.65. The number of anilines is 3. The average molecular weight is 548 g/mol. The van der Waals surface area contributed by atoms with Crippen molar-refractivity contribution in [2.45, 2.75) is 37.8 Å². The lowest BCUT2D eigenvalue weighted by Crippen LogP contribution is -2.60. The number of carbonyl (C=O) groups is 2. The number of carbonyl (C=O) groups excluding carboxylic acids is 2. The molecular weight excluding hydrogens is 516 g/mol. The molecule has 0 aromatic carbocycles. The molecule has 2 aromatic heterocycles. The lowest BCUT2D eigenvalue weighted by atomic mass is 10.00. The highest BCUT2D eigenvalue weighted by molar-refractivity contribution is 5.88. The number of fused-ring (bicyclic) bond motifs is 2. The highest BCUT2D eigenvalue weighted by atomic mass is 19.3. The predicted molar refractivity (Wildman–Crippen MR) is 136 cm³/mol. The van der Waals surface area contributed by atoms with Crippen LogP contribution in [0.1, 0.15) is 19.8 Å². The Kier molecular flexibility index (Phi) is 7.59. The molecule has 3 aliphatic heterocycles. The van der Waals surface area contributed by atoms with Crippen LogP contribution in [0.5, 0.6) is 5.88 Å². The van der Waals surface area contributed by atoms with Crippen molar-refractivity contribution < 1.29 is 27.8 Å². The van der Waals surface area contributed by atoms with Gasteiger partial charge in [-0.25, -0.2) is 33.3 Å². The summed E-state index contributed by atoms with van der Waals surface area (Å²) in [5.74, 6) is -2.06. The summed E-state index contributed by atoms with van der Waals surface area (Å²) < 4.78 is 40.7. The number of rotatable bonds is 7. The number of urea groups is 1. The minimum Gasteiger partial charge on any atom is -0.477 e. The summed E-state index contributed by atoms with van der Waals surface area (Å²) in [6, 6.07) is -0.737. The second-order valence-corrected chi connectivity index (χ2v) is 9.81. The Morgan fingerprint density at radius 1 is 1.13 bits per heavy atom. The molecule has 3 saturated heterocycles. The zero-order valence-electron chi connectivity index (χ0n) is 21.7. The molecule has 3 aliphatic rings. The fraction of sp³-hybridized carbons (Fsp3) is 0.583. The largest absolute Gasteiger partial charge is 0.477 e. The first-order valence-corrected chi connectivity index (χ1v) is 12.9. The first kappa shape index (κ1) is 26.7. The lowest BCUT2D eigenvalue weighted by Gasteiger charge is -2.42. The highest BCUT2D eigenvalue weighted by Gasteiger charge is 2.48. The molecule has 3 amide bonds. The molecule has 39 heavy (non-hydrogen) atoms. The van der Waals surface area contributed by atoms with Gasteiger partial charge in [0.25, 0.3) is 5.92 Å². The maximum atomic E-state index is 14.9. The summed E-state index contributed by atoms with van der Waals surface area (Å²) in [5, 5.41) is 5.09. The number of hydrogen-bond acceptors (Lipinski definition) is 10. The molecule has 15 heteroatoms. The Bertz CT molecular complexity index is 1190. The second kappa shape index (κ2) is 11.1. The van der Waals surface area contributed by atoms with Gasteiger partial charge >= 0.3 is 12.1 Å². The van der Waals surface area contributed by atoms with Crippen molar-refractivity contribution in [3.8, 4) is 5.88 Å². The molecule has 13 nitrogen and oxygen atoms in total. The smallest absolute Gasteiger partial charge is 0.413 e. The quantitative estimate of drug-likeness (QED) is 0.531. The summed E-state index contributed by atoms with van der Waals surface area (Å²) >= 11 is 0. The molecule has 2 N–H and O–H groups in total. The third-order valence-corrected chi connectivity index (χ3v) is 7.23. The normalized spacial score (nSPS) is 25.2. The number of amides is 3. The molecule has 2 bridgehead atoms. The number of piperidine rings is 2. The maximum Gasteiger partial charge on any atom is 0.413 e. The Balaban J connectivity index is 1.21. The van der Waals surface area contributed by atoms with Crippen molar-refractivity contribution in [1.82, 2.24) is 29.7 Å². The topological polar surface area (TPSA) is 138 Å². The zero-order valence-corrected chi connectivity index (χ0v) is 21.7. The van der Waals surface area contributed by atoms with Crippen LogP contribution in [0.3, 0.4) is 0 Å². The van der Waals surface area contributed by atoms with Crippen molar-refractivity contribution in [1.29, 1.82) is 0 Å². The highest BCUT2D eigenvalue weighted by Crippen LogP contribution is 2.33. The number of halogens is 2. The molecule has 0 saturated carbocycles. The summed E-state index contributed by atoms with van der Waals surface area (Å²) in [4.78, 5) is 46.6. The maximum absolute atomic E-state index is 14.9. The van der Waals surface area contributed by atoms with Gasteiger partial charge in [0.15, 0.2) is 5.82 Å². The molecule has 0 aliphatic carbocycles. The summed E-state index contributed by atoms with van der Waals surface area (Å²) in [7, 11) is 1.29. The molecule has 5 rings (SSSR count). The standard InChI is InChI=1S/C24H31F2N9O4/c1-3-38-20-11-28-19(10-29-20)31-22(36)33(2)17-14-35(9-6-24(17,25)26)21-27-7-4-18(30-21)32-23(37)39-16-13-34-8-5-15(16)12-34/h4,7,10-11,15-17H,3,5-6,8-9,12-14H2,1-2H3,(H,28,31,36)(H,27,30,32,37). The van der Waals surface area contributed by atoms with Gasteiger partial charge in [-0.05, 0) is 26.0 Å². The van der Waals surface area contributed by atoms with E-state index in [0.717, 1.165) is 31.0 Å². The van der Waals surface area contributed by atoms with Gasteiger partial charge in [-0.3, -0.25) is 15.5 Å². The third kappa shape index (κ3) is 6.08. The fourth-order valence-corrected chi connectivity index (χ4v) is 5.12. The van der Waals surface area contributed by atoms with Gasteiger partial charge in [0, 0.05) is 51.8 Å². The predicted octanol–water partition coefficient (Wildman–Crippen LogP) is 2.30. The van der Waals surface area contributed by atoms with Crippen molar-refractivity contribution in [2.24, 2.45) is 5.92 Å². The van der Waals surface area contributed by atoms with Crippen LogP contribution in [-0.2, 0) is 4.74 Å². The van der Waals surface area contributed by atoms with Crippen molar-refractivity contribution in [3.05, 3.63) is 24.7 Å². The van der Waals surface area contributed by atoms with Gasteiger partial charge in [0.05, 0.1) is 19.0 Å². The second-order valence-electron chi connectivity index (χ2n) is 9.81. The van der Waals surface area contributed by atoms with E-state index in [-0.39, 0.29) is 42.7 Å². The Morgan fingerprint density at radius 2 is 1.97 bits per heavy atom. The van der Waals surface area contributed by atoms with Gasteiger partial charge in [-0.15, -0.1) is 0 Å². The Morgan fingerprint density at radius 3 is 2.67 bits per heavy atom. The van der Waals surface area contributed by atoms with Crippen LogP contribution in [0.25, 0.3) is 0 Å². The number of hydrogen-bond donors (Lipinski definition) is 2. The van der Waals surface area contributed by atoms with Crippen LogP contribution in [0.2, 0.25) is 0 Å². The van der Waals surface area contributed by atoms with Crippen LogP contribution in [-0.4, -0.2) is 106 Å². The van der Waals surface area contributed by atoms with E-state index >= 15 is 0 Å². The first-order valence-electron chi connectivity index (χ1n) is 12.9. The van der Waals surface area contributed by atoms with E-state index in [1.165, 1.54) is 31.7 Å². The summed E-state index contributed by atoms with van der Waals surface area (Å²) in [5.41, 5.74) is 0. The van der Waals surface area contributed by atoms with E-state index in [2.05, 4.69) is 35.5 Å². The summed E-state index contributed by atoms with van der Waals surface area (Å²) in [6.07, 6.45) is 3.78. The molecule has 210 valence electrons. The first-order chi connectivity index (χ1) is 18.7. The van der Waals surface area contributed by atoms with E-state index in [1.54, 1.807) is 11.8 Å². The van der Waals surface area contributed by atoms with Crippen molar-refractivity contribution in [3.63, 3.8) is 0 Å². The van der Waals surface area contributed by atoms with Crippen LogP contribution >= 0.6 is 0 Å². The van der Waals surface area contributed by atoms with E-state index in [4.69, 9.17) is 9.47 Å². The molecule has 5 heterocycles. The minimum atomic E-state index is -3.15. The molecule has 4 atom stereocenters. The zero-order chi connectivity index (χ0) is 27.6. The van der Waals surface area contributed by atoms with Gasteiger partial charge in [0.1, 0.15) is 18.0 Å². The van der Waals surface area contributed by atoms with Crippen molar-refractivity contribution in [2.75, 3.05) is 61.9 Å². The monoisotopic (exact) mass is 547 g/mol. The molecular formula is C24H31F2N9O4. The third-order valence-electron chi connectivity index (χ3n) is 7.23. The molecule has 2 aromatic rings.